The minimum absolute atomic E-state index is 0.223. The molecule has 0 aliphatic rings. The van der Waals surface area contributed by atoms with E-state index < -0.39 is 0 Å². The molecule has 2 N–H and O–H groups in total. The molecule has 0 bridgehead atoms. The van der Waals surface area contributed by atoms with Crippen molar-refractivity contribution in [2.24, 2.45) is 5.73 Å². The number of hydrogen-bond donors (Lipinski definition) is 1. The van der Waals surface area contributed by atoms with E-state index in [9.17, 15) is 4.79 Å². The predicted molar refractivity (Wildman–Crippen MR) is 64.7 cm³/mol. The number of nitrogens with zero attached hydrogens (tertiary/aromatic N) is 1. The van der Waals surface area contributed by atoms with Gasteiger partial charge in [0.1, 0.15) is 5.75 Å². The van der Waals surface area contributed by atoms with Crippen molar-refractivity contribution in [1.29, 1.82) is 0 Å². The van der Waals surface area contributed by atoms with Crippen molar-refractivity contribution < 1.29 is 9.53 Å². The molecule has 0 unspecified atom stereocenters. The SMILES string of the molecule is COc1ccc(N(CC(N)=O)C(C)C)cc1. The summed E-state index contributed by atoms with van der Waals surface area (Å²) >= 11 is 0. The first kappa shape index (κ1) is 12.4. The lowest BCUT2D eigenvalue weighted by atomic mass is 10.2. The van der Waals surface area contributed by atoms with Crippen molar-refractivity contribution in [2.45, 2.75) is 19.9 Å². The second-order valence-electron chi connectivity index (χ2n) is 3.89. The fraction of sp³-hybridized carbons (Fsp3) is 0.417. The Morgan fingerprint density at radius 2 is 1.94 bits per heavy atom. The normalized spacial score (nSPS) is 10.2. The molecule has 0 aromatic heterocycles. The Balaban J connectivity index is 2.88. The Labute approximate surface area is 96.0 Å². The number of ether oxygens (including phenoxy) is 1. The molecule has 1 aromatic carbocycles. The molecule has 16 heavy (non-hydrogen) atoms. The van der Waals surface area contributed by atoms with E-state index in [0.717, 1.165) is 11.4 Å². The molecule has 4 heteroatoms. The minimum Gasteiger partial charge on any atom is -0.497 e. The molecule has 88 valence electrons. The Morgan fingerprint density at radius 1 is 1.38 bits per heavy atom. The van der Waals surface area contributed by atoms with Crippen molar-refractivity contribution in [3.05, 3.63) is 24.3 Å². The Hall–Kier alpha value is -1.71. The van der Waals surface area contributed by atoms with Crippen molar-refractivity contribution in [2.75, 3.05) is 18.6 Å². The number of hydrogen-bond acceptors (Lipinski definition) is 3. The van der Waals surface area contributed by atoms with Crippen LogP contribution in [0.25, 0.3) is 0 Å². The molecular weight excluding hydrogens is 204 g/mol. The highest BCUT2D eigenvalue weighted by Crippen LogP contribution is 2.20. The molecule has 0 spiro atoms. The summed E-state index contributed by atoms with van der Waals surface area (Å²) in [6, 6.07) is 7.79. The molecule has 0 saturated heterocycles. The van der Waals surface area contributed by atoms with Crippen LogP contribution in [0.3, 0.4) is 0 Å². The lowest BCUT2D eigenvalue weighted by molar-refractivity contribution is -0.116. The average Bonchev–Trinajstić information content (AvgIpc) is 2.25. The van der Waals surface area contributed by atoms with Gasteiger partial charge in [0.15, 0.2) is 0 Å². The van der Waals surface area contributed by atoms with Gasteiger partial charge in [0.25, 0.3) is 0 Å². The van der Waals surface area contributed by atoms with Gasteiger partial charge >= 0.3 is 0 Å². The second-order valence-corrected chi connectivity index (χ2v) is 3.89. The van der Waals surface area contributed by atoms with Crippen LogP contribution in [0.4, 0.5) is 5.69 Å². The van der Waals surface area contributed by atoms with Gasteiger partial charge in [0.05, 0.1) is 13.7 Å². The van der Waals surface area contributed by atoms with E-state index in [1.807, 2.05) is 43.0 Å². The Morgan fingerprint density at radius 3 is 2.31 bits per heavy atom. The van der Waals surface area contributed by atoms with Crippen LogP contribution in [0, 0.1) is 0 Å². The standard InChI is InChI=1S/C12H18N2O2/c1-9(2)14(8-12(13)15)10-4-6-11(16-3)7-5-10/h4-7,9H,8H2,1-3H3,(H2,13,15). The van der Waals surface area contributed by atoms with Crippen LogP contribution in [0.5, 0.6) is 5.75 Å². The van der Waals surface area contributed by atoms with Gasteiger partial charge in [0.2, 0.25) is 5.91 Å². The molecule has 0 aliphatic heterocycles. The van der Waals surface area contributed by atoms with Crippen LogP contribution in [0.15, 0.2) is 24.3 Å². The van der Waals surface area contributed by atoms with Gasteiger partial charge in [-0.2, -0.15) is 0 Å². The van der Waals surface area contributed by atoms with E-state index in [1.165, 1.54) is 0 Å². The molecule has 1 amide bonds. The summed E-state index contributed by atoms with van der Waals surface area (Å²) in [5.74, 6) is 0.469. The third-order valence-corrected chi connectivity index (χ3v) is 2.35. The van der Waals surface area contributed by atoms with E-state index in [-0.39, 0.29) is 18.5 Å². The minimum atomic E-state index is -0.329. The van der Waals surface area contributed by atoms with E-state index in [1.54, 1.807) is 7.11 Å². The number of carbonyl (C=O) groups excluding carboxylic acids is 1. The zero-order valence-corrected chi connectivity index (χ0v) is 9.93. The smallest absolute Gasteiger partial charge is 0.236 e. The molecule has 0 fully saturated rings. The lowest BCUT2D eigenvalue weighted by Gasteiger charge is -2.27. The van der Waals surface area contributed by atoms with Crippen LogP contribution < -0.4 is 15.4 Å². The Kier molecular flexibility index (Phi) is 4.17. The molecule has 0 atom stereocenters. The summed E-state index contributed by atoms with van der Waals surface area (Å²) in [5.41, 5.74) is 6.19. The fourth-order valence-electron chi connectivity index (χ4n) is 1.51. The molecule has 1 rings (SSSR count). The first-order chi connectivity index (χ1) is 7.54. The van der Waals surface area contributed by atoms with Gasteiger partial charge in [-0.1, -0.05) is 0 Å². The molecule has 1 aromatic rings. The monoisotopic (exact) mass is 222 g/mol. The van der Waals surface area contributed by atoms with Crippen LogP contribution in [0.2, 0.25) is 0 Å². The maximum absolute atomic E-state index is 11.0. The fourth-order valence-corrected chi connectivity index (χ4v) is 1.51. The average molecular weight is 222 g/mol. The van der Waals surface area contributed by atoms with Gasteiger partial charge in [0, 0.05) is 11.7 Å². The van der Waals surface area contributed by atoms with Crippen molar-refractivity contribution in [1.82, 2.24) is 0 Å². The largest absolute Gasteiger partial charge is 0.497 e. The molecular formula is C12H18N2O2. The maximum Gasteiger partial charge on any atom is 0.236 e. The van der Waals surface area contributed by atoms with Gasteiger partial charge in [-0.25, -0.2) is 0 Å². The van der Waals surface area contributed by atoms with E-state index in [2.05, 4.69) is 0 Å². The second kappa shape index (κ2) is 5.39. The third kappa shape index (κ3) is 3.15. The van der Waals surface area contributed by atoms with Crippen LogP contribution in [0.1, 0.15) is 13.8 Å². The zero-order valence-electron chi connectivity index (χ0n) is 9.93. The quantitative estimate of drug-likeness (QED) is 0.819. The van der Waals surface area contributed by atoms with Crippen LogP contribution in [-0.4, -0.2) is 25.6 Å². The Bertz CT molecular complexity index is 347. The van der Waals surface area contributed by atoms with Crippen molar-refractivity contribution in [3.63, 3.8) is 0 Å². The summed E-state index contributed by atoms with van der Waals surface area (Å²) in [5, 5.41) is 0. The molecule has 0 saturated carbocycles. The van der Waals surface area contributed by atoms with Gasteiger partial charge < -0.3 is 15.4 Å². The number of anilines is 1. The molecule has 4 nitrogen and oxygen atoms in total. The number of methoxy groups -OCH3 is 1. The highest BCUT2D eigenvalue weighted by molar-refractivity contribution is 5.79. The summed E-state index contributed by atoms with van der Waals surface area (Å²) in [6.07, 6.45) is 0. The lowest BCUT2D eigenvalue weighted by Crippen LogP contribution is -2.38. The number of amides is 1. The van der Waals surface area contributed by atoms with Crippen LogP contribution in [-0.2, 0) is 4.79 Å². The van der Waals surface area contributed by atoms with E-state index >= 15 is 0 Å². The van der Waals surface area contributed by atoms with E-state index in [4.69, 9.17) is 10.5 Å². The van der Waals surface area contributed by atoms with Crippen molar-refractivity contribution >= 4 is 11.6 Å². The number of primary amides is 1. The summed E-state index contributed by atoms with van der Waals surface area (Å²) in [6.45, 7) is 4.27. The summed E-state index contributed by atoms with van der Waals surface area (Å²) in [7, 11) is 1.62. The first-order valence-corrected chi connectivity index (χ1v) is 5.23. The van der Waals surface area contributed by atoms with Crippen molar-refractivity contribution in [3.8, 4) is 5.75 Å². The predicted octanol–water partition coefficient (Wildman–Crippen LogP) is 1.40. The van der Waals surface area contributed by atoms with Crippen LogP contribution >= 0.6 is 0 Å². The highest BCUT2D eigenvalue weighted by Gasteiger charge is 2.12. The number of nitrogens with two attached hydrogens (primary N) is 1. The topological polar surface area (TPSA) is 55.6 Å². The number of carbonyl (C=O) groups is 1. The first-order valence-electron chi connectivity index (χ1n) is 5.23. The summed E-state index contributed by atoms with van der Waals surface area (Å²) < 4.78 is 5.08. The molecule has 0 radical (unpaired) electrons. The summed E-state index contributed by atoms with van der Waals surface area (Å²) in [4.78, 5) is 12.9. The molecule has 0 aliphatic carbocycles. The molecule has 0 heterocycles. The van der Waals surface area contributed by atoms with E-state index in [0.29, 0.717) is 0 Å². The number of benzene rings is 1. The number of rotatable bonds is 5. The highest BCUT2D eigenvalue weighted by atomic mass is 16.5. The zero-order chi connectivity index (χ0) is 12.1. The van der Waals surface area contributed by atoms with Gasteiger partial charge in [-0.15, -0.1) is 0 Å². The maximum atomic E-state index is 11.0. The van der Waals surface area contributed by atoms with Gasteiger partial charge in [-0.3, -0.25) is 4.79 Å². The van der Waals surface area contributed by atoms with Gasteiger partial charge in [-0.05, 0) is 38.1 Å². The third-order valence-electron chi connectivity index (χ3n) is 2.35.